The van der Waals surface area contributed by atoms with Gasteiger partial charge in [0, 0.05) is 0 Å². The highest BCUT2D eigenvalue weighted by Gasteiger charge is 1.99. The highest BCUT2D eigenvalue weighted by molar-refractivity contribution is 5.85. The number of rotatable bonds is 3. The number of amides is 1. The lowest BCUT2D eigenvalue weighted by atomic mass is 10.0. The van der Waals surface area contributed by atoms with Gasteiger partial charge in [-0.1, -0.05) is 43.3 Å². The van der Waals surface area contributed by atoms with E-state index >= 15 is 0 Å². The van der Waals surface area contributed by atoms with Crippen LogP contribution in [0.2, 0.25) is 0 Å². The molecule has 2 N–H and O–H groups in total. The summed E-state index contributed by atoms with van der Waals surface area (Å²) in [6.45, 7) is 2.02. The zero-order valence-corrected chi connectivity index (χ0v) is 7.60. The standard InChI is InChI=1S/C11H13NO/c1-9(7-8-11(12)13)10-5-3-2-4-6-10/h2-9H,1H3,(H2,12,13)/b8-7-. The first-order chi connectivity index (χ1) is 6.20. The summed E-state index contributed by atoms with van der Waals surface area (Å²) in [4.78, 5) is 10.5. The van der Waals surface area contributed by atoms with Crippen molar-refractivity contribution in [2.24, 2.45) is 5.73 Å². The van der Waals surface area contributed by atoms with E-state index in [9.17, 15) is 4.79 Å². The van der Waals surface area contributed by atoms with Crippen molar-refractivity contribution in [3.05, 3.63) is 48.0 Å². The number of carbonyl (C=O) groups excluding carboxylic acids is 1. The first-order valence-electron chi connectivity index (χ1n) is 4.22. The van der Waals surface area contributed by atoms with E-state index in [2.05, 4.69) is 0 Å². The lowest BCUT2D eigenvalue weighted by molar-refractivity contribution is -0.113. The maximum Gasteiger partial charge on any atom is 0.241 e. The first kappa shape index (κ1) is 9.52. The summed E-state index contributed by atoms with van der Waals surface area (Å²) >= 11 is 0. The van der Waals surface area contributed by atoms with E-state index < -0.39 is 5.91 Å². The number of primary amides is 1. The predicted octanol–water partition coefficient (Wildman–Crippen LogP) is 1.83. The smallest absolute Gasteiger partial charge is 0.241 e. The van der Waals surface area contributed by atoms with Gasteiger partial charge in [0.05, 0.1) is 0 Å². The summed E-state index contributed by atoms with van der Waals surface area (Å²) in [5.41, 5.74) is 6.17. The van der Waals surface area contributed by atoms with E-state index in [4.69, 9.17) is 5.73 Å². The maximum absolute atomic E-state index is 10.5. The summed E-state index contributed by atoms with van der Waals surface area (Å²) in [7, 11) is 0. The van der Waals surface area contributed by atoms with Crippen LogP contribution >= 0.6 is 0 Å². The second kappa shape index (κ2) is 4.45. The average Bonchev–Trinajstić information content (AvgIpc) is 2.15. The molecule has 13 heavy (non-hydrogen) atoms. The Bertz CT molecular complexity index is 303. The molecule has 2 nitrogen and oxygen atoms in total. The summed E-state index contributed by atoms with van der Waals surface area (Å²) in [5.74, 6) is -0.170. The van der Waals surface area contributed by atoms with Crippen LogP contribution in [0.5, 0.6) is 0 Å². The van der Waals surface area contributed by atoms with Gasteiger partial charge in [0.25, 0.3) is 0 Å². The molecular weight excluding hydrogens is 162 g/mol. The fourth-order valence-electron chi connectivity index (χ4n) is 1.11. The van der Waals surface area contributed by atoms with Crippen molar-refractivity contribution >= 4 is 5.91 Å². The molecule has 1 atom stereocenters. The fourth-order valence-corrected chi connectivity index (χ4v) is 1.11. The average molecular weight is 175 g/mol. The zero-order chi connectivity index (χ0) is 9.68. The summed E-state index contributed by atoms with van der Waals surface area (Å²) in [5, 5.41) is 0. The van der Waals surface area contributed by atoms with Gasteiger partial charge in [0.1, 0.15) is 0 Å². The third kappa shape index (κ3) is 3.11. The minimum absolute atomic E-state index is 0.230. The van der Waals surface area contributed by atoms with Gasteiger partial charge >= 0.3 is 0 Å². The van der Waals surface area contributed by atoms with Crippen LogP contribution in [0, 0.1) is 0 Å². The maximum atomic E-state index is 10.5. The van der Waals surface area contributed by atoms with Crippen molar-refractivity contribution in [2.45, 2.75) is 12.8 Å². The SMILES string of the molecule is CC(/C=C\C(N)=O)c1ccccc1. The second-order valence-corrected chi connectivity index (χ2v) is 2.96. The molecule has 0 heterocycles. The molecular formula is C11H13NO. The second-order valence-electron chi connectivity index (χ2n) is 2.96. The van der Waals surface area contributed by atoms with E-state index in [0.29, 0.717) is 0 Å². The van der Waals surface area contributed by atoms with Crippen molar-refractivity contribution in [3.63, 3.8) is 0 Å². The van der Waals surface area contributed by atoms with Crippen LogP contribution < -0.4 is 5.73 Å². The number of allylic oxidation sites excluding steroid dienone is 1. The van der Waals surface area contributed by atoms with Gasteiger partial charge in [-0.3, -0.25) is 4.79 Å². The van der Waals surface area contributed by atoms with Crippen LogP contribution in [0.1, 0.15) is 18.4 Å². The molecule has 1 rings (SSSR count). The Hall–Kier alpha value is -1.57. The van der Waals surface area contributed by atoms with Crippen LogP contribution in [0.3, 0.4) is 0 Å². The molecule has 68 valence electrons. The van der Waals surface area contributed by atoms with Crippen LogP contribution in [-0.4, -0.2) is 5.91 Å². The van der Waals surface area contributed by atoms with Crippen molar-refractivity contribution in [1.29, 1.82) is 0 Å². The van der Waals surface area contributed by atoms with Gasteiger partial charge < -0.3 is 5.73 Å². The summed E-state index contributed by atoms with van der Waals surface area (Å²) < 4.78 is 0. The van der Waals surface area contributed by atoms with Gasteiger partial charge in [-0.15, -0.1) is 0 Å². The molecule has 1 unspecified atom stereocenters. The highest BCUT2D eigenvalue weighted by atomic mass is 16.1. The van der Waals surface area contributed by atoms with E-state index in [1.807, 2.05) is 37.3 Å². The molecule has 0 fully saturated rings. The number of hydrogen-bond donors (Lipinski definition) is 1. The Morgan fingerprint density at radius 1 is 1.38 bits per heavy atom. The van der Waals surface area contributed by atoms with E-state index in [1.165, 1.54) is 11.6 Å². The summed E-state index contributed by atoms with van der Waals surface area (Å²) in [6.07, 6.45) is 3.20. The number of benzene rings is 1. The topological polar surface area (TPSA) is 43.1 Å². The molecule has 0 saturated heterocycles. The lowest BCUT2D eigenvalue weighted by Gasteiger charge is -2.04. The number of hydrogen-bond acceptors (Lipinski definition) is 1. The normalized spacial score (nSPS) is 13.0. The van der Waals surface area contributed by atoms with Crippen LogP contribution in [0.25, 0.3) is 0 Å². The monoisotopic (exact) mass is 175 g/mol. The molecule has 1 aromatic carbocycles. The quantitative estimate of drug-likeness (QED) is 0.700. The number of carbonyl (C=O) groups is 1. The van der Waals surface area contributed by atoms with Gasteiger partial charge in [0.15, 0.2) is 0 Å². The molecule has 2 heteroatoms. The van der Waals surface area contributed by atoms with Crippen molar-refractivity contribution < 1.29 is 4.79 Å². The number of nitrogens with two attached hydrogens (primary N) is 1. The van der Waals surface area contributed by atoms with Crippen molar-refractivity contribution in [1.82, 2.24) is 0 Å². The van der Waals surface area contributed by atoms with Gasteiger partial charge in [-0.05, 0) is 17.6 Å². The third-order valence-corrected chi connectivity index (χ3v) is 1.87. The van der Waals surface area contributed by atoms with E-state index in [1.54, 1.807) is 6.08 Å². The fraction of sp³-hybridized carbons (Fsp3) is 0.182. The molecule has 0 saturated carbocycles. The van der Waals surface area contributed by atoms with Crippen LogP contribution in [-0.2, 0) is 4.79 Å². The Morgan fingerprint density at radius 2 is 2.00 bits per heavy atom. The Kier molecular flexibility index (Phi) is 3.26. The Morgan fingerprint density at radius 3 is 2.54 bits per heavy atom. The molecule has 1 aromatic rings. The first-order valence-corrected chi connectivity index (χ1v) is 4.22. The predicted molar refractivity (Wildman–Crippen MR) is 53.2 cm³/mol. The van der Waals surface area contributed by atoms with Crippen LogP contribution in [0.4, 0.5) is 0 Å². The largest absolute Gasteiger partial charge is 0.366 e. The molecule has 0 aliphatic carbocycles. The molecule has 1 amide bonds. The summed E-state index contributed by atoms with van der Waals surface area (Å²) in [6, 6.07) is 9.97. The lowest BCUT2D eigenvalue weighted by Crippen LogP contribution is -2.06. The Labute approximate surface area is 78.1 Å². The third-order valence-electron chi connectivity index (χ3n) is 1.87. The highest BCUT2D eigenvalue weighted by Crippen LogP contribution is 2.15. The van der Waals surface area contributed by atoms with E-state index in [0.717, 1.165) is 0 Å². The zero-order valence-electron chi connectivity index (χ0n) is 7.60. The van der Waals surface area contributed by atoms with Gasteiger partial charge in [0.2, 0.25) is 5.91 Å². The minimum atomic E-state index is -0.400. The van der Waals surface area contributed by atoms with Crippen molar-refractivity contribution in [2.75, 3.05) is 0 Å². The van der Waals surface area contributed by atoms with Crippen LogP contribution in [0.15, 0.2) is 42.5 Å². The van der Waals surface area contributed by atoms with Gasteiger partial charge in [-0.25, -0.2) is 0 Å². The molecule has 0 spiro atoms. The molecule has 0 aromatic heterocycles. The molecule has 0 bridgehead atoms. The molecule has 0 radical (unpaired) electrons. The Balaban J connectivity index is 2.69. The van der Waals surface area contributed by atoms with Crippen molar-refractivity contribution in [3.8, 4) is 0 Å². The van der Waals surface area contributed by atoms with Gasteiger partial charge in [-0.2, -0.15) is 0 Å². The minimum Gasteiger partial charge on any atom is -0.366 e. The molecule has 0 aliphatic rings. The molecule has 0 aliphatic heterocycles. The van der Waals surface area contributed by atoms with E-state index in [-0.39, 0.29) is 5.92 Å².